The maximum Gasteiger partial charge on any atom is 0.330 e. The number of carbonyl (C=O) groups is 1. The van der Waals surface area contributed by atoms with Crippen LogP contribution in [0.5, 0.6) is 11.5 Å². The van der Waals surface area contributed by atoms with Gasteiger partial charge in [-0.3, -0.25) is 24.2 Å². The van der Waals surface area contributed by atoms with Gasteiger partial charge in [-0.25, -0.2) is 4.79 Å². The second-order valence-electron chi connectivity index (χ2n) is 13.0. The zero-order chi connectivity index (χ0) is 39.5. The Bertz CT molecular complexity index is 2160. The van der Waals surface area contributed by atoms with Crippen molar-refractivity contribution in [1.82, 2.24) is 14.6 Å². The van der Waals surface area contributed by atoms with E-state index in [-0.39, 0.29) is 38.4 Å². The first kappa shape index (κ1) is 40.1. The quantitative estimate of drug-likeness (QED) is 0.0645. The minimum atomic E-state index is -2.09. The van der Waals surface area contributed by atoms with Crippen molar-refractivity contribution in [2.24, 2.45) is 0 Å². The van der Waals surface area contributed by atoms with E-state index in [1.807, 2.05) is 109 Å². The third kappa shape index (κ3) is 9.42. The first-order chi connectivity index (χ1) is 27.2. The predicted molar refractivity (Wildman–Crippen MR) is 209 cm³/mol. The average Bonchev–Trinajstić information content (AvgIpc) is 3.62. The summed E-state index contributed by atoms with van der Waals surface area (Å²) in [4.78, 5) is 41.0. The summed E-state index contributed by atoms with van der Waals surface area (Å²) >= 11 is 0. The third-order valence-electron chi connectivity index (χ3n) is 9.35. The fourth-order valence-electron chi connectivity index (χ4n) is 6.52. The molecule has 290 valence electrons. The number of rotatable bonds is 17. The summed E-state index contributed by atoms with van der Waals surface area (Å²) in [5.74, 6) is 1.00. The lowest BCUT2D eigenvalue weighted by Crippen LogP contribution is -2.39. The number of aromatic nitrogens is 2. The monoisotopic (exact) mass is 778 g/mol. The van der Waals surface area contributed by atoms with E-state index in [9.17, 15) is 19.6 Å². The number of hydrogen-bond donors (Lipinski definition) is 2. The van der Waals surface area contributed by atoms with E-state index < -0.39 is 43.8 Å². The third-order valence-corrected chi connectivity index (χ3v) is 10.7. The Kier molecular flexibility index (Phi) is 13.5. The number of H-pyrrole nitrogens is 1. The molecule has 2 heterocycles. The Hall–Kier alpha value is -5.61. The number of hydrogen-bond acceptors (Lipinski definition) is 10. The van der Waals surface area contributed by atoms with E-state index in [0.717, 1.165) is 22.3 Å². The van der Waals surface area contributed by atoms with Crippen LogP contribution >= 0.6 is 8.53 Å². The fraction of sp³-hybridized carbons (Fsp3) is 0.286. The normalized spacial score (nSPS) is 17.1. The van der Waals surface area contributed by atoms with Crippen LogP contribution in [-0.4, -0.2) is 55.1 Å². The van der Waals surface area contributed by atoms with Gasteiger partial charge >= 0.3 is 5.69 Å². The number of aromatic amines is 1. The highest BCUT2D eigenvalue weighted by molar-refractivity contribution is 7.45. The molecule has 1 aliphatic rings. The summed E-state index contributed by atoms with van der Waals surface area (Å²) in [6.07, 6.45) is -0.751. The highest BCUT2D eigenvalue weighted by Gasteiger charge is 2.44. The molecule has 4 atom stereocenters. The van der Waals surface area contributed by atoms with Crippen LogP contribution in [0.4, 0.5) is 0 Å². The maximum absolute atomic E-state index is 13.3. The van der Waals surface area contributed by atoms with Gasteiger partial charge in [0.1, 0.15) is 29.4 Å². The minimum absolute atomic E-state index is 0.0105. The smallest absolute Gasteiger partial charge is 0.330 e. The SMILES string of the molecule is COc1ccc(C(OC[C@H]2O[C@@H](n3cc(C)c(=O)[nH]c3=O)C[C@@H]2OP(NC(=O)Cc2ccccc2)OCCC#N)(c2ccccc2)c2ccc(OC)cc2)cc1. The molecule has 4 aromatic carbocycles. The first-order valence-electron chi connectivity index (χ1n) is 18.0. The summed E-state index contributed by atoms with van der Waals surface area (Å²) in [6.45, 7) is 1.54. The molecule has 1 amide bonds. The molecule has 0 aliphatic carbocycles. The van der Waals surface area contributed by atoms with Crippen LogP contribution < -0.4 is 25.8 Å². The topological polar surface area (TPSA) is 163 Å². The molecule has 1 aromatic heterocycles. The van der Waals surface area contributed by atoms with E-state index in [4.69, 9.17) is 28.0 Å². The van der Waals surface area contributed by atoms with Crippen LogP contribution in [0.2, 0.25) is 0 Å². The van der Waals surface area contributed by atoms with Crippen molar-refractivity contribution in [3.8, 4) is 17.6 Å². The molecule has 1 unspecified atom stereocenters. The Morgan fingerprint density at radius 1 is 0.911 bits per heavy atom. The van der Waals surface area contributed by atoms with E-state index >= 15 is 0 Å². The molecular formula is C42H43N4O9P. The van der Waals surface area contributed by atoms with Crippen molar-refractivity contribution >= 4 is 14.4 Å². The molecule has 1 fully saturated rings. The average molecular weight is 779 g/mol. The van der Waals surface area contributed by atoms with Gasteiger partial charge in [0.05, 0.1) is 52.4 Å². The van der Waals surface area contributed by atoms with Gasteiger partial charge in [0, 0.05) is 18.2 Å². The Morgan fingerprint density at radius 3 is 2.09 bits per heavy atom. The Labute approximate surface area is 325 Å². The molecule has 1 saturated heterocycles. The summed E-state index contributed by atoms with van der Waals surface area (Å²) in [6, 6.07) is 36.3. The molecule has 0 spiro atoms. The van der Waals surface area contributed by atoms with Crippen molar-refractivity contribution in [1.29, 1.82) is 5.26 Å². The zero-order valence-electron chi connectivity index (χ0n) is 31.3. The molecule has 14 heteroatoms. The number of benzene rings is 4. The van der Waals surface area contributed by atoms with Crippen LogP contribution in [0, 0.1) is 18.3 Å². The van der Waals surface area contributed by atoms with Crippen molar-refractivity contribution in [2.75, 3.05) is 27.4 Å². The van der Waals surface area contributed by atoms with Crippen molar-refractivity contribution in [3.63, 3.8) is 0 Å². The molecule has 13 nitrogen and oxygen atoms in total. The van der Waals surface area contributed by atoms with E-state index in [1.54, 1.807) is 21.1 Å². The van der Waals surface area contributed by atoms with Gasteiger partial charge in [-0.15, -0.1) is 0 Å². The molecule has 1 aliphatic heterocycles. The molecule has 2 N–H and O–H groups in total. The number of carbonyl (C=O) groups excluding carboxylic acids is 1. The Balaban J connectivity index is 1.38. The van der Waals surface area contributed by atoms with Crippen LogP contribution in [0.15, 0.2) is 125 Å². The van der Waals surface area contributed by atoms with Crippen LogP contribution in [0.1, 0.15) is 46.9 Å². The number of aryl methyl sites for hydroxylation is 1. The Morgan fingerprint density at radius 2 is 1.50 bits per heavy atom. The summed E-state index contributed by atoms with van der Waals surface area (Å²) in [5, 5.41) is 12.1. The van der Waals surface area contributed by atoms with E-state index in [1.165, 1.54) is 10.8 Å². The molecular weight excluding hydrogens is 735 g/mol. The summed E-state index contributed by atoms with van der Waals surface area (Å²) < 4.78 is 38.5. The number of ether oxygens (including phenoxy) is 4. The standard InChI is InChI=1S/C42H43N4O9P/c1-29-27-46(41(49)44-40(29)48)39-26-36(55-56(53-24-10-23-43)45-38(47)25-30-11-6-4-7-12-30)37(54-39)28-52-42(31-13-8-5-9-14-31,32-15-19-34(50-2)20-16-32)33-17-21-35(51-3)22-18-33/h4-9,11-22,27,36-37,39H,10,24-26,28H2,1-3H3,(H,45,47)(H,44,48,49)/t36-,37+,39+,56?/m0/s1. The van der Waals surface area contributed by atoms with Crippen molar-refractivity contribution < 1.29 is 32.8 Å². The molecule has 0 radical (unpaired) electrons. The second kappa shape index (κ2) is 18.8. The highest BCUT2D eigenvalue weighted by atomic mass is 31.2. The number of nitriles is 1. The molecule has 6 rings (SSSR count). The lowest BCUT2D eigenvalue weighted by molar-refractivity contribution is -0.119. The van der Waals surface area contributed by atoms with Gasteiger partial charge < -0.3 is 28.0 Å². The summed E-state index contributed by atoms with van der Waals surface area (Å²) in [7, 11) is 1.11. The highest BCUT2D eigenvalue weighted by Crippen LogP contribution is 2.45. The van der Waals surface area contributed by atoms with E-state index in [2.05, 4.69) is 16.1 Å². The zero-order valence-corrected chi connectivity index (χ0v) is 32.1. The predicted octanol–water partition coefficient (Wildman–Crippen LogP) is 6.06. The number of nitrogens with one attached hydrogen (secondary N) is 2. The van der Waals surface area contributed by atoms with Crippen LogP contribution in [-0.2, 0) is 35.3 Å². The largest absolute Gasteiger partial charge is 0.497 e. The van der Waals surface area contributed by atoms with Gasteiger partial charge in [-0.05, 0) is 53.4 Å². The minimum Gasteiger partial charge on any atom is -0.497 e. The van der Waals surface area contributed by atoms with Crippen LogP contribution in [0.3, 0.4) is 0 Å². The van der Waals surface area contributed by atoms with E-state index in [0.29, 0.717) is 17.1 Å². The summed E-state index contributed by atoms with van der Waals surface area (Å²) in [5.41, 5.74) is 1.19. The van der Waals surface area contributed by atoms with Crippen LogP contribution in [0.25, 0.3) is 0 Å². The lowest BCUT2D eigenvalue weighted by Gasteiger charge is -2.37. The lowest BCUT2D eigenvalue weighted by atomic mass is 9.80. The van der Waals surface area contributed by atoms with Gasteiger partial charge in [-0.2, -0.15) is 5.26 Å². The number of nitrogens with zero attached hydrogens (tertiary/aromatic N) is 2. The first-order valence-corrected chi connectivity index (χ1v) is 19.2. The second-order valence-corrected chi connectivity index (χ2v) is 14.2. The molecule has 0 bridgehead atoms. The molecule has 5 aromatic rings. The number of methoxy groups -OCH3 is 2. The fourth-order valence-corrected chi connectivity index (χ4v) is 7.71. The van der Waals surface area contributed by atoms with Gasteiger partial charge in [0.15, 0.2) is 0 Å². The maximum atomic E-state index is 13.3. The molecule has 0 saturated carbocycles. The van der Waals surface area contributed by atoms with Gasteiger partial charge in [0.25, 0.3) is 14.1 Å². The van der Waals surface area contributed by atoms with Crippen molar-refractivity contribution in [3.05, 3.63) is 164 Å². The molecule has 56 heavy (non-hydrogen) atoms. The van der Waals surface area contributed by atoms with Gasteiger partial charge in [0.2, 0.25) is 5.91 Å². The number of amides is 1. The van der Waals surface area contributed by atoms with Gasteiger partial charge in [-0.1, -0.05) is 84.9 Å². The van der Waals surface area contributed by atoms with Crippen molar-refractivity contribution in [2.45, 2.75) is 50.2 Å².